The number of hydrogen-bond donors (Lipinski definition) is 1. The van der Waals surface area contributed by atoms with E-state index in [1.165, 1.54) is 6.92 Å². The van der Waals surface area contributed by atoms with Crippen LogP contribution in [0.15, 0.2) is 36.5 Å². The number of nitrogens with zero attached hydrogens (tertiary/aromatic N) is 2. The lowest BCUT2D eigenvalue weighted by Gasteiger charge is -2.12. The first-order valence-electron chi connectivity index (χ1n) is 7.40. The van der Waals surface area contributed by atoms with Gasteiger partial charge in [-0.05, 0) is 44.5 Å². The van der Waals surface area contributed by atoms with Gasteiger partial charge in [-0.1, -0.05) is 6.07 Å². The number of ketones is 1. The van der Waals surface area contributed by atoms with Crippen LogP contribution in [0.4, 0.5) is 5.69 Å². The molecule has 1 heterocycles. The van der Waals surface area contributed by atoms with Crippen LogP contribution in [0.1, 0.15) is 42.3 Å². The Kier molecular flexibility index (Phi) is 5.32. The van der Waals surface area contributed by atoms with Gasteiger partial charge in [-0.2, -0.15) is 5.26 Å². The van der Waals surface area contributed by atoms with Crippen molar-refractivity contribution < 1.29 is 9.53 Å². The number of carbonyl (C=O) groups excluding carboxylic acids is 1. The molecule has 2 aromatic rings. The molecule has 0 spiro atoms. The topological polar surface area (TPSA) is 75.0 Å². The van der Waals surface area contributed by atoms with E-state index in [-0.39, 0.29) is 11.9 Å². The summed E-state index contributed by atoms with van der Waals surface area (Å²) in [5.41, 5.74) is 2.69. The second-order valence-electron chi connectivity index (χ2n) is 5.45. The minimum absolute atomic E-state index is 0.0456. The number of benzene rings is 1. The SMILES string of the molecule is CC(=O)c1ccc(C#N)cc1NCc1ccc(OC(C)C)nc1. The van der Waals surface area contributed by atoms with E-state index in [0.717, 1.165) is 5.56 Å². The van der Waals surface area contributed by atoms with Crippen LogP contribution in [0.25, 0.3) is 0 Å². The Bertz CT molecular complexity index is 731. The molecule has 5 nitrogen and oxygen atoms in total. The first-order valence-corrected chi connectivity index (χ1v) is 7.40. The summed E-state index contributed by atoms with van der Waals surface area (Å²) in [6.45, 7) is 5.90. The zero-order valence-corrected chi connectivity index (χ0v) is 13.5. The maximum Gasteiger partial charge on any atom is 0.213 e. The van der Waals surface area contributed by atoms with E-state index in [0.29, 0.717) is 29.2 Å². The molecule has 0 atom stereocenters. The Morgan fingerprint density at radius 2 is 2.13 bits per heavy atom. The van der Waals surface area contributed by atoms with Crippen LogP contribution in [0, 0.1) is 11.3 Å². The summed E-state index contributed by atoms with van der Waals surface area (Å²) in [6.07, 6.45) is 1.81. The molecule has 0 saturated carbocycles. The number of rotatable bonds is 6. The van der Waals surface area contributed by atoms with Crippen molar-refractivity contribution in [3.63, 3.8) is 0 Å². The molecule has 2 rings (SSSR count). The van der Waals surface area contributed by atoms with Crippen molar-refractivity contribution in [2.75, 3.05) is 5.32 Å². The maximum absolute atomic E-state index is 11.7. The van der Waals surface area contributed by atoms with Gasteiger partial charge in [-0.25, -0.2) is 4.98 Å². The van der Waals surface area contributed by atoms with Gasteiger partial charge in [-0.15, -0.1) is 0 Å². The number of hydrogen-bond acceptors (Lipinski definition) is 5. The van der Waals surface area contributed by atoms with Gasteiger partial charge in [0.15, 0.2) is 5.78 Å². The molecule has 0 aliphatic rings. The molecule has 5 heteroatoms. The van der Waals surface area contributed by atoms with Crippen LogP contribution in [0.3, 0.4) is 0 Å². The number of ether oxygens (including phenoxy) is 1. The van der Waals surface area contributed by atoms with Gasteiger partial charge in [0.05, 0.1) is 17.7 Å². The van der Waals surface area contributed by atoms with Gasteiger partial charge < -0.3 is 10.1 Å². The van der Waals surface area contributed by atoms with Crippen LogP contribution >= 0.6 is 0 Å². The number of anilines is 1. The lowest BCUT2D eigenvalue weighted by atomic mass is 10.1. The minimum atomic E-state index is -0.0456. The second-order valence-corrected chi connectivity index (χ2v) is 5.45. The van der Waals surface area contributed by atoms with E-state index in [2.05, 4.69) is 16.4 Å². The van der Waals surface area contributed by atoms with Crippen molar-refractivity contribution in [1.82, 2.24) is 4.98 Å². The lowest BCUT2D eigenvalue weighted by molar-refractivity contribution is 0.101. The Labute approximate surface area is 135 Å². The average molecular weight is 309 g/mol. The van der Waals surface area contributed by atoms with E-state index < -0.39 is 0 Å². The molecule has 0 saturated heterocycles. The predicted octanol–water partition coefficient (Wildman–Crippen LogP) is 3.56. The summed E-state index contributed by atoms with van der Waals surface area (Å²) in [5.74, 6) is 0.537. The van der Waals surface area contributed by atoms with Crippen LogP contribution in [-0.2, 0) is 6.54 Å². The second kappa shape index (κ2) is 7.41. The lowest BCUT2D eigenvalue weighted by Crippen LogP contribution is -2.08. The molecule has 0 aliphatic carbocycles. The quantitative estimate of drug-likeness (QED) is 0.826. The molecule has 0 amide bonds. The third-order valence-electron chi connectivity index (χ3n) is 3.16. The highest BCUT2D eigenvalue weighted by atomic mass is 16.5. The average Bonchev–Trinajstić information content (AvgIpc) is 2.53. The van der Waals surface area contributed by atoms with E-state index >= 15 is 0 Å². The number of carbonyl (C=O) groups is 1. The molecule has 23 heavy (non-hydrogen) atoms. The fourth-order valence-electron chi connectivity index (χ4n) is 2.09. The monoisotopic (exact) mass is 309 g/mol. The van der Waals surface area contributed by atoms with E-state index in [1.807, 2.05) is 26.0 Å². The Morgan fingerprint density at radius 3 is 2.70 bits per heavy atom. The predicted molar refractivity (Wildman–Crippen MR) is 88.5 cm³/mol. The zero-order chi connectivity index (χ0) is 16.8. The van der Waals surface area contributed by atoms with Gasteiger partial charge in [0.25, 0.3) is 0 Å². The third kappa shape index (κ3) is 4.55. The molecular weight excluding hydrogens is 290 g/mol. The van der Waals surface area contributed by atoms with Crippen molar-refractivity contribution in [3.05, 3.63) is 53.2 Å². The minimum Gasteiger partial charge on any atom is -0.475 e. The fourth-order valence-corrected chi connectivity index (χ4v) is 2.09. The van der Waals surface area contributed by atoms with Gasteiger partial charge in [0.2, 0.25) is 5.88 Å². The van der Waals surface area contributed by atoms with Crippen molar-refractivity contribution in [3.8, 4) is 11.9 Å². The summed E-state index contributed by atoms with van der Waals surface area (Å²) in [4.78, 5) is 15.9. The summed E-state index contributed by atoms with van der Waals surface area (Å²) >= 11 is 0. The smallest absolute Gasteiger partial charge is 0.213 e. The molecular formula is C18H19N3O2. The molecule has 0 radical (unpaired) electrons. The summed E-state index contributed by atoms with van der Waals surface area (Å²) in [6, 6.07) is 10.8. The standard InChI is InChI=1S/C18H19N3O2/c1-12(2)23-18-7-5-15(11-21-18)10-20-17-8-14(9-19)4-6-16(17)13(3)22/h4-8,11-12,20H,10H2,1-3H3. The molecule has 1 aromatic carbocycles. The van der Waals surface area contributed by atoms with Crippen LogP contribution in [0.2, 0.25) is 0 Å². The Morgan fingerprint density at radius 1 is 1.35 bits per heavy atom. The van der Waals surface area contributed by atoms with E-state index in [9.17, 15) is 4.79 Å². The molecule has 0 bridgehead atoms. The van der Waals surface area contributed by atoms with Crippen molar-refractivity contribution in [2.45, 2.75) is 33.4 Å². The first kappa shape index (κ1) is 16.5. The van der Waals surface area contributed by atoms with Gasteiger partial charge in [0, 0.05) is 30.1 Å². The summed E-state index contributed by atoms with van der Waals surface area (Å²) in [7, 11) is 0. The summed E-state index contributed by atoms with van der Waals surface area (Å²) in [5, 5.41) is 12.2. The highest BCUT2D eigenvalue weighted by Gasteiger charge is 2.08. The van der Waals surface area contributed by atoms with Gasteiger partial charge in [-0.3, -0.25) is 4.79 Å². The van der Waals surface area contributed by atoms with Gasteiger partial charge in [0.1, 0.15) is 0 Å². The number of Topliss-reactive ketones (excluding diaryl/α,β-unsaturated/α-hetero) is 1. The van der Waals surface area contributed by atoms with Crippen molar-refractivity contribution in [2.24, 2.45) is 0 Å². The van der Waals surface area contributed by atoms with Crippen molar-refractivity contribution in [1.29, 1.82) is 5.26 Å². The third-order valence-corrected chi connectivity index (χ3v) is 3.16. The maximum atomic E-state index is 11.7. The van der Waals surface area contributed by atoms with Gasteiger partial charge >= 0.3 is 0 Å². The molecule has 0 unspecified atom stereocenters. The number of nitrogens with one attached hydrogen (secondary N) is 1. The normalized spacial score (nSPS) is 10.2. The Hall–Kier alpha value is -2.87. The number of pyridine rings is 1. The highest BCUT2D eigenvalue weighted by molar-refractivity contribution is 5.99. The van der Waals surface area contributed by atoms with Crippen LogP contribution in [0.5, 0.6) is 5.88 Å². The Balaban J connectivity index is 2.11. The molecule has 1 N–H and O–H groups in total. The van der Waals surface area contributed by atoms with Crippen LogP contribution < -0.4 is 10.1 Å². The van der Waals surface area contributed by atoms with E-state index in [1.54, 1.807) is 24.4 Å². The molecule has 1 aromatic heterocycles. The fraction of sp³-hybridized carbons (Fsp3) is 0.278. The first-order chi connectivity index (χ1) is 11.0. The summed E-state index contributed by atoms with van der Waals surface area (Å²) < 4.78 is 5.50. The molecule has 118 valence electrons. The number of aromatic nitrogens is 1. The van der Waals surface area contributed by atoms with E-state index in [4.69, 9.17) is 10.00 Å². The number of nitriles is 1. The zero-order valence-electron chi connectivity index (χ0n) is 13.5. The highest BCUT2D eigenvalue weighted by Crippen LogP contribution is 2.19. The van der Waals surface area contributed by atoms with Crippen LogP contribution in [-0.4, -0.2) is 16.9 Å². The molecule has 0 aliphatic heterocycles. The largest absolute Gasteiger partial charge is 0.475 e. The van der Waals surface area contributed by atoms with Crippen molar-refractivity contribution >= 4 is 11.5 Å². The molecule has 0 fully saturated rings.